The molecule has 19 nitrogen and oxygen atoms in total. The Morgan fingerprint density at radius 3 is 1.03 bits per heavy atom. The first-order valence-corrected chi connectivity index (χ1v) is 41.4. The quantitative estimate of drug-likeness (QED) is 0.0363. The van der Waals surface area contributed by atoms with Crippen LogP contribution < -0.4 is 0 Å². The summed E-state index contributed by atoms with van der Waals surface area (Å²) in [4.78, 5) is 0. The number of aliphatic hydroxyl groups is 1. The van der Waals surface area contributed by atoms with Gasteiger partial charge in [-0.2, -0.15) is 0 Å². The van der Waals surface area contributed by atoms with Gasteiger partial charge in [-0.3, -0.25) is 0 Å². The number of hydrogen-bond acceptors (Lipinski definition) is 19. The zero-order valence-electron chi connectivity index (χ0n) is 67.9. The lowest BCUT2D eigenvalue weighted by Gasteiger charge is -2.53. The molecule has 12 rings (SSSR count). The molecule has 6 aromatic rings. The molecule has 19 heteroatoms. The minimum atomic E-state index is -1.13. The molecule has 6 saturated heterocycles. The van der Waals surface area contributed by atoms with Crippen molar-refractivity contribution in [2.24, 2.45) is 59.2 Å². The highest BCUT2D eigenvalue weighted by Crippen LogP contribution is 2.46. The number of ether oxygens (including phenoxy) is 18. The molecule has 0 radical (unpaired) electrons. The van der Waals surface area contributed by atoms with Crippen molar-refractivity contribution in [3.8, 4) is 0 Å². The highest BCUT2D eigenvalue weighted by atomic mass is 16.8. The van der Waals surface area contributed by atoms with Crippen LogP contribution in [0.25, 0.3) is 0 Å². The van der Waals surface area contributed by atoms with E-state index in [1.165, 1.54) is 0 Å². The average Bonchev–Trinajstić information content (AvgIpc) is 0.771. The van der Waals surface area contributed by atoms with Crippen molar-refractivity contribution in [2.45, 2.75) is 259 Å². The molecule has 30 atom stereocenters. The fourth-order valence-corrected chi connectivity index (χ4v) is 17.0. The lowest BCUT2D eigenvalue weighted by molar-refractivity contribution is -0.397. The van der Waals surface area contributed by atoms with Gasteiger partial charge in [-0.05, 0) is 81.7 Å². The van der Waals surface area contributed by atoms with E-state index < -0.39 is 129 Å². The Morgan fingerprint density at radius 2 is 0.589 bits per heavy atom. The van der Waals surface area contributed by atoms with E-state index in [1.807, 2.05) is 128 Å². The number of aliphatic hydroxyl groups excluding tert-OH is 1. The minimum absolute atomic E-state index is 0.0179. The van der Waals surface area contributed by atoms with Crippen LogP contribution in [-0.4, -0.2) is 161 Å². The summed E-state index contributed by atoms with van der Waals surface area (Å²) in [5.41, 5.74) is 6.16. The predicted octanol–water partition coefficient (Wildman–Crippen LogP) is 16.0. The van der Waals surface area contributed by atoms with Crippen LogP contribution in [0.4, 0.5) is 0 Å². The molecular formula is C93H126O19. The SMILES string of the molecule is C=CCO[C@H]1OC(CO)[C@@H](O[C@@H]2OC(COCc3ccccc3)[C@@H](C)[C@H](C)C2O[C@H]2OC(CC)[C@@H](O[C@@H]3OC(COCc4ccccc4)[C@H](O[C@H]4OC(COCc5ccccc5)[C@H](C)[C@H](C)C4C)[C@H](C)C3OCc3ccccc3)[C@H](C)C2OCc2ccccc2)[C@H](O[C@@H]2OC(CC)[C@@H](C)[C@H](C)C2OCc2ccccc2)C1C. The van der Waals surface area contributed by atoms with Crippen LogP contribution in [-0.2, 0) is 125 Å². The topological polar surface area (TPSA) is 186 Å². The van der Waals surface area contributed by atoms with Crippen molar-refractivity contribution >= 4 is 0 Å². The molecule has 6 aliphatic heterocycles. The van der Waals surface area contributed by atoms with Crippen molar-refractivity contribution in [3.05, 3.63) is 228 Å². The maximum atomic E-state index is 11.7. The van der Waals surface area contributed by atoms with Crippen LogP contribution in [0.5, 0.6) is 0 Å². The molecule has 12 unspecified atom stereocenters. The van der Waals surface area contributed by atoms with Gasteiger partial charge in [0.2, 0.25) is 0 Å². The summed E-state index contributed by atoms with van der Waals surface area (Å²) in [6.45, 7) is 32.7. The van der Waals surface area contributed by atoms with E-state index in [-0.39, 0.29) is 92.6 Å². The molecule has 0 spiro atoms. The normalized spacial score (nSPS) is 36.4. The van der Waals surface area contributed by atoms with E-state index in [4.69, 9.17) is 85.3 Å². The molecule has 0 aromatic heterocycles. The molecular weight excluding hydrogens is 1420 g/mol. The molecule has 0 aliphatic carbocycles. The highest BCUT2D eigenvalue weighted by Gasteiger charge is 2.57. The Kier molecular flexibility index (Phi) is 32.5. The first-order chi connectivity index (χ1) is 54.5. The van der Waals surface area contributed by atoms with Crippen LogP contribution in [0.2, 0.25) is 0 Å². The third-order valence-corrected chi connectivity index (χ3v) is 24.8. The van der Waals surface area contributed by atoms with E-state index in [2.05, 4.69) is 143 Å². The second-order valence-corrected chi connectivity index (χ2v) is 32.3. The van der Waals surface area contributed by atoms with Crippen molar-refractivity contribution in [1.29, 1.82) is 0 Å². The fraction of sp³-hybridized carbons (Fsp3) is 0.591. The Labute approximate surface area is 666 Å². The van der Waals surface area contributed by atoms with E-state index in [9.17, 15) is 5.11 Å². The average molecular weight is 1550 g/mol. The van der Waals surface area contributed by atoms with Gasteiger partial charge in [-0.15, -0.1) is 6.58 Å². The molecule has 0 bridgehead atoms. The molecule has 0 saturated carbocycles. The van der Waals surface area contributed by atoms with Crippen LogP contribution in [0.3, 0.4) is 0 Å². The fourth-order valence-electron chi connectivity index (χ4n) is 17.0. The third kappa shape index (κ3) is 21.9. The monoisotopic (exact) mass is 1550 g/mol. The molecule has 612 valence electrons. The number of benzene rings is 6. The largest absolute Gasteiger partial charge is 0.394 e. The van der Waals surface area contributed by atoms with Gasteiger partial charge in [0.15, 0.2) is 37.7 Å². The summed E-state index contributed by atoms with van der Waals surface area (Å²) in [5, 5.41) is 11.7. The summed E-state index contributed by atoms with van der Waals surface area (Å²) < 4.78 is 128. The smallest absolute Gasteiger partial charge is 0.185 e. The maximum absolute atomic E-state index is 11.7. The second-order valence-electron chi connectivity index (χ2n) is 32.3. The zero-order chi connectivity index (χ0) is 78.6. The summed E-state index contributed by atoms with van der Waals surface area (Å²) in [5.74, 6) is -1.03. The Bertz CT molecular complexity index is 3630. The maximum Gasteiger partial charge on any atom is 0.185 e. The van der Waals surface area contributed by atoms with Crippen molar-refractivity contribution in [3.63, 3.8) is 0 Å². The standard InChI is InChI=1S/C93H126O19/c1-14-47-98-88-67(13)82(110-90-83(62(8)60(6)74(15-2)102-90)99-52-71-41-29-20-30-42-71)87(76(48-94)104-88)112-93-86(63(9)61(7)78(106-93)56-96-50-69-37-25-18-26-38-69)111-91-84(100-53-72-43-31-21-32-44-72)65(11)80(75(16-3)103-91)109-92-85(101-54-73-45-33-22-34-46-73)66(12)81(79(107-92)57-97-51-70-39-27-19-28-40-70)108-89-64(10)58(4)59(5)77(105-89)55-95-49-68-35-23-17-24-36-68/h14,17-46,58-67,74-94H,1,15-16,47-57H2,2-13H3/t58-,59+,60-,61-,62-,63-,64?,65-,66-,67?,74?,75?,76?,77?,78?,79?,80-,81+,82+,83?,84?,85?,86?,87+,88-,89+,90-,91+,92-,93-/m0/s1. The van der Waals surface area contributed by atoms with Crippen molar-refractivity contribution < 1.29 is 90.4 Å². The van der Waals surface area contributed by atoms with E-state index >= 15 is 0 Å². The van der Waals surface area contributed by atoms with E-state index in [0.717, 1.165) is 39.8 Å². The van der Waals surface area contributed by atoms with E-state index in [0.29, 0.717) is 39.5 Å². The Morgan fingerprint density at radius 1 is 0.277 bits per heavy atom. The van der Waals surface area contributed by atoms with Gasteiger partial charge in [-0.1, -0.05) is 271 Å². The molecule has 6 heterocycles. The first kappa shape index (κ1) is 85.7. The van der Waals surface area contributed by atoms with Gasteiger partial charge in [0.25, 0.3) is 0 Å². The predicted molar refractivity (Wildman–Crippen MR) is 425 cm³/mol. The van der Waals surface area contributed by atoms with Gasteiger partial charge in [0.1, 0.15) is 42.7 Å². The van der Waals surface area contributed by atoms with Gasteiger partial charge in [-0.25, -0.2) is 0 Å². The number of rotatable bonds is 37. The van der Waals surface area contributed by atoms with Crippen LogP contribution in [0.1, 0.15) is 129 Å². The first-order valence-electron chi connectivity index (χ1n) is 41.4. The lowest BCUT2D eigenvalue weighted by atomic mass is 9.79. The number of hydrogen-bond donors (Lipinski definition) is 1. The zero-order valence-corrected chi connectivity index (χ0v) is 67.9. The molecule has 6 aromatic carbocycles. The van der Waals surface area contributed by atoms with Gasteiger partial charge < -0.3 is 90.4 Å². The Balaban J connectivity index is 0.863. The summed E-state index contributed by atoms with van der Waals surface area (Å²) in [6.07, 6.45) is -11.3. The highest BCUT2D eigenvalue weighted by molar-refractivity contribution is 5.18. The Hall–Kier alpha value is -5.70. The van der Waals surface area contributed by atoms with Gasteiger partial charge >= 0.3 is 0 Å². The van der Waals surface area contributed by atoms with Gasteiger partial charge in [0.05, 0.1) is 115 Å². The molecule has 6 fully saturated rings. The third-order valence-electron chi connectivity index (χ3n) is 24.8. The van der Waals surface area contributed by atoms with Crippen LogP contribution in [0, 0.1) is 59.2 Å². The van der Waals surface area contributed by atoms with Crippen molar-refractivity contribution in [2.75, 3.05) is 33.0 Å². The molecule has 6 aliphatic rings. The minimum Gasteiger partial charge on any atom is -0.394 e. The summed E-state index contributed by atoms with van der Waals surface area (Å²) >= 11 is 0. The summed E-state index contributed by atoms with van der Waals surface area (Å²) in [6, 6.07) is 60.9. The second kappa shape index (κ2) is 42.4. The summed E-state index contributed by atoms with van der Waals surface area (Å²) in [7, 11) is 0. The molecule has 1 N–H and O–H groups in total. The van der Waals surface area contributed by atoms with Crippen LogP contribution >= 0.6 is 0 Å². The van der Waals surface area contributed by atoms with Gasteiger partial charge in [0, 0.05) is 23.7 Å². The molecule has 0 amide bonds. The van der Waals surface area contributed by atoms with Crippen molar-refractivity contribution in [1.82, 2.24) is 0 Å². The van der Waals surface area contributed by atoms with Crippen LogP contribution in [0.15, 0.2) is 195 Å². The lowest BCUT2D eigenvalue weighted by Crippen LogP contribution is -2.64. The van der Waals surface area contributed by atoms with E-state index in [1.54, 1.807) is 6.08 Å². The molecule has 112 heavy (non-hydrogen) atoms.